The van der Waals surface area contributed by atoms with Gasteiger partial charge in [0, 0.05) is 30.6 Å². The SMILES string of the molecule is CCc1ccc(C(=O)Nc2ccc(OC)c(OCc3ccncc3)c2)o1. The molecule has 0 spiro atoms. The van der Waals surface area contributed by atoms with Crippen LogP contribution in [0.5, 0.6) is 11.5 Å². The number of hydrogen-bond donors (Lipinski definition) is 1. The molecule has 134 valence electrons. The number of rotatable bonds is 7. The summed E-state index contributed by atoms with van der Waals surface area (Å²) in [4.78, 5) is 16.3. The van der Waals surface area contributed by atoms with Gasteiger partial charge >= 0.3 is 0 Å². The quantitative estimate of drug-likeness (QED) is 0.694. The molecule has 0 aliphatic rings. The Kier molecular flexibility index (Phi) is 5.53. The average molecular weight is 352 g/mol. The molecule has 0 radical (unpaired) electrons. The van der Waals surface area contributed by atoms with Gasteiger partial charge in [0.05, 0.1) is 7.11 Å². The Balaban J connectivity index is 1.72. The van der Waals surface area contributed by atoms with Gasteiger partial charge in [-0.05, 0) is 42.0 Å². The number of methoxy groups -OCH3 is 1. The van der Waals surface area contributed by atoms with E-state index in [1.165, 1.54) is 0 Å². The van der Waals surface area contributed by atoms with E-state index in [9.17, 15) is 4.79 Å². The molecule has 0 atom stereocenters. The van der Waals surface area contributed by atoms with Crippen molar-refractivity contribution in [2.75, 3.05) is 12.4 Å². The van der Waals surface area contributed by atoms with Crippen molar-refractivity contribution in [3.63, 3.8) is 0 Å². The van der Waals surface area contributed by atoms with Crippen molar-refractivity contribution in [1.82, 2.24) is 4.98 Å². The third-order valence-electron chi connectivity index (χ3n) is 3.80. The van der Waals surface area contributed by atoms with Crippen LogP contribution in [0.15, 0.2) is 59.3 Å². The molecular formula is C20H20N2O4. The van der Waals surface area contributed by atoms with Gasteiger partial charge in [0.15, 0.2) is 17.3 Å². The third kappa shape index (κ3) is 4.22. The normalized spacial score (nSPS) is 10.4. The second kappa shape index (κ2) is 8.20. The van der Waals surface area contributed by atoms with Crippen LogP contribution in [-0.4, -0.2) is 18.0 Å². The molecule has 0 aliphatic carbocycles. The zero-order valence-corrected chi connectivity index (χ0v) is 14.7. The summed E-state index contributed by atoms with van der Waals surface area (Å²) in [7, 11) is 1.57. The molecule has 0 fully saturated rings. The van der Waals surface area contributed by atoms with Crippen LogP contribution in [-0.2, 0) is 13.0 Å². The van der Waals surface area contributed by atoms with Crippen LogP contribution >= 0.6 is 0 Å². The van der Waals surface area contributed by atoms with E-state index >= 15 is 0 Å². The van der Waals surface area contributed by atoms with Gasteiger partial charge in [-0.3, -0.25) is 9.78 Å². The Bertz CT molecular complexity index is 875. The molecule has 3 aromatic rings. The number of hydrogen-bond acceptors (Lipinski definition) is 5. The number of carbonyl (C=O) groups excluding carboxylic acids is 1. The number of nitrogens with zero attached hydrogens (tertiary/aromatic N) is 1. The summed E-state index contributed by atoms with van der Waals surface area (Å²) in [6, 6.07) is 12.4. The predicted molar refractivity (Wildman–Crippen MR) is 97.6 cm³/mol. The zero-order valence-electron chi connectivity index (χ0n) is 14.7. The van der Waals surface area contributed by atoms with E-state index in [0.29, 0.717) is 23.8 Å². The number of anilines is 1. The number of aryl methyl sites for hydroxylation is 1. The van der Waals surface area contributed by atoms with Crippen molar-refractivity contribution in [2.45, 2.75) is 20.0 Å². The third-order valence-corrected chi connectivity index (χ3v) is 3.80. The Hall–Kier alpha value is -3.28. The summed E-state index contributed by atoms with van der Waals surface area (Å²) in [5.41, 5.74) is 1.58. The van der Waals surface area contributed by atoms with Crippen LogP contribution in [0.1, 0.15) is 28.8 Å². The molecule has 3 rings (SSSR count). The first-order valence-corrected chi connectivity index (χ1v) is 8.29. The highest BCUT2D eigenvalue weighted by atomic mass is 16.5. The summed E-state index contributed by atoms with van der Waals surface area (Å²) < 4.78 is 16.6. The molecular weight excluding hydrogens is 332 g/mol. The molecule has 0 saturated carbocycles. The van der Waals surface area contributed by atoms with Gasteiger partial charge in [0.25, 0.3) is 5.91 Å². The Morgan fingerprint density at radius 2 is 1.92 bits per heavy atom. The van der Waals surface area contributed by atoms with Gasteiger partial charge in [0.1, 0.15) is 12.4 Å². The van der Waals surface area contributed by atoms with E-state index in [2.05, 4.69) is 10.3 Å². The van der Waals surface area contributed by atoms with E-state index in [0.717, 1.165) is 17.7 Å². The predicted octanol–water partition coefficient (Wildman–Crippen LogP) is 4.08. The molecule has 0 bridgehead atoms. The molecule has 6 nitrogen and oxygen atoms in total. The first-order chi connectivity index (χ1) is 12.7. The minimum atomic E-state index is -0.310. The number of furan rings is 1. The number of ether oxygens (including phenoxy) is 2. The van der Waals surface area contributed by atoms with Crippen molar-refractivity contribution < 1.29 is 18.7 Å². The Labute approximate surface area is 151 Å². The lowest BCUT2D eigenvalue weighted by atomic mass is 10.2. The fourth-order valence-electron chi connectivity index (χ4n) is 2.39. The minimum absolute atomic E-state index is 0.275. The highest BCUT2D eigenvalue weighted by Gasteiger charge is 2.13. The van der Waals surface area contributed by atoms with Gasteiger partial charge in [-0.25, -0.2) is 0 Å². The van der Waals surface area contributed by atoms with Gasteiger partial charge in [-0.2, -0.15) is 0 Å². The molecule has 1 N–H and O–H groups in total. The second-order valence-electron chi connectivity index (χ2n) is 5.58. The fraction of sp³-hybridized carbons (Fsp3) is 0.200. The van der Waals surface area contributed by atoms with Crippen LogP contribution in [0.2, 0.25) is 0 Å². The zero-order chi connectivity index (χ0) is 18.4. The Morgan fingerprint density at radius 3 is 2.62 bits per heavy atom. The van der Waals surface area contributed by atoms with Crippen LogP contribution in [0.4, 0.5) is 5.69 Å². The Morgan fingerprint density at radius 1 is 1.12 bits per heavy atom. The highest BCUT2D eigenvalue weighted by Crippen LogP contribution is 2.31. The number of amides is 1. The fourth-order valence-corrected chi connectivity index (χ4v) is 2.39. The summed E-state index contributed by atoms with van der Waals surface area (Å²) in [5, 5.41) is 2.81. The largest absolute Gasteiger partial charge is 0.493 e. The average Bonchev–Trinajstić information content (AvgIpc) is 3.17. The van der Waals surface area contributed by atoms with Crippen LogP contribution in [0.25, 0.3) is 0 Å². The molecule has 6 heteroatoms. The molecule has 2 heterocycles. The van der Waals surface area contributed by atoms with Crippen molar-refractivity contribution >= 4 is 11.6 Å². The lowest BCUT2D eigenvalue weighted by Crippen LogP contribution is -2.11. The maximum atomic E-state index is 12.3. The molecule has 0 saturated heterocycles. The van der Waals surface area contributed by atoms with Gasteiger partial charge in [-0.1, -0.05) is 6.92 Å². The van der Waals surface area contributed by atoms with Gasteiger partial charge in [-0.15, -0.1) is 0 Å². The minimum Gasteiger partial charge on any atom is -0.493 e. The van der Waals surface area contributed by atoms with Crippen LogP contribution in [0, 0.1) is 0 Å². The first-order valence-electron chi connectivity index (χ1n) is 8.29. The molecule has 0 aliphatic heterocycles. The number of pyridine rings is 1. The maximum Gasteiger partial charge on any atom is 0.291 e. The van der Waals surface area contributed by atoms with Crippen LogP contribution < -0.4 is 14.8 Å². The standard InChI is InChI=1S/C20H20N2O4/c1-3-16-5-7-18(26-16)20(23)22-15-4-6-17(24-2)19(12-15)25-13-14-8-10-21-11-9-14/h4-12H,3,13H2,1-2H3,(H,22,23). The van der Waals surface area contributed by atoms with E-state index in [1.54, 1.807) is 49.8 Å². The number of carbonyl (C=O) groups is 1. The number of benzene rings is 1. The molecule has 26 heavy (non-hydrogen) atoms. The monoisotopic (exact) mass is 352 g/mol. The molecule has 2 aromatic heterocycles. The smallest absolute Gasteiger partial charge is 0.291 e. The summed E-state index contributed by atoms with van der Waals surface area (Å²) in [6.07, 6.45) is 4.16. The van der Waals surface area contributed by atoms with Crippen molar-refractivity contribution in [3.05, 3.63) is 71.9 Å². The first kappa shape index (κ1) is 17.5. The number of nitrogens with one attached hydrogen (secondary N) is 1. The number of aromatic nitrogens is 1. The van der Waals surface area contributed by atoms with E-state index in [4.69, 9.17) is 13.9 Å². The van der Waals surface area contributed by atoms with Crippen molar-refractivity contribution in [1.29, 1.82) is 0 Å². The molecule has 1 amide bonds. The lowest BCUT2D eigenvalue weighted by molar-refractivity contribution is 0.0995. The van der Waals surface area contributed by atoms with E-state index in [-0.39, 0.29) is 11.7 Å². The van der Waals surface area contributed by atoms with E-state index < -0.39 is 0 Å². The second-order valence-corrected chi connectivity index (χ2v) is 5.58. The summed E-state index contributed by atoms with van der Waals surface area (Å²) in [5.74, 6) is 1.86. The maximum absolute atomic E-state index is 12.3. The van der Waals surface area contributed by atoms with Gasteiger partial charge < -0.3 is 19.2 Å². The van der Waals surface area contributed by atoms with E-state index in [1.807, 2.05) is 19.1 Å². The topological polar surface area (TPSA) is 73.6 Å². The van der Waals surface area contributed by atoms with Crippen molar-refractivity contribution in [3.8, 4) is 11.5 Å². The molecule has 0 unspecified atom stereocenters. The summed E-state index contributed by atoms with van der Waals surface area (Å²) in [6.45, 7) is 2.34. The van der Waals surface area contributed by atoms with Gasteiger partial charge in [0.2, 0.25) is 0 Å². The molecule has 1 aromatic carbocycles. The highest BCUT2D eigenvalue weighted by molar-refractivity contribution is 6.02. The van der Waals surface area contributed by atoms with Crippen LogP contribution in [0.3, 0.4) is 0 Å². The lowest BCUT2D eigenvalue weighted by Gasteiger charge is -2.12. The summed E-state index contributed by atoms with van der Waals surface area (Å²) >= 11 is 0. The van der Waals surface area contributed by atoms with Crippen molar-refractivity contribution in [2.24, 2.45) is 0 Å².